The number of rotatable bonds is 5. The Morgan fingerprint density at radius 3 is 2.69 bits per heavy atom. The monoisotopic (exact) mass is 534 g/mol. The molecule has 2 aliphatic heterocycles. The maximum atomic E-state index is 14.2. The molecule has 0 bridgehead atoms. The number of benzene rings is 2. The first-order valence-corrected chi connectivity index (χ1v) is 12.3. The summed E-state index contributed by atoms with van der Waals surface area (Å²) in [4.78, 5) is 0.590. The standard InChI is InChI=1S/C24H21ClF2N4O4S/c1-11-15(26)5-13(6-16(11)27)17-9-31(30-29-17)20-22-21(18(32)10-34-22)35-24(23(20)33-2)36-19-7-14(25)4-3-12(19)8-28/h3-7,9,18,20-24,32H,10H2,1-2H3/t18?,20?,21?,22?,23?,24-/m1/s1. The normalized spacial score (nSPS) is 27.6. The third-order valence-electron chi connectivity index (χ3n) is 6.37. The molecule has 0 amide bonds. The Morgan fingerprint density at radius 1 is 1.25 bits per heavy atom. The van der Waals surface area contributed by atoms with Gasteiger partial charge in [0.1, 0.15) is 59.3 Å². The number of hydrogen-bond donors (Lipinski definition) is 1. The summed E-state index contributed by atoms with van der Waals surface area (Å²) < 4.78 is 47.7. The van der Waals surface area contributed by atoms with E-state index < -0.39 is 47.5 Å². The first-order chi connectivity index (χ1) is 17.3. The predicted octanol–water partition coefficient (Wildman–Crippen LogP) is 3.89. The summed E-state index contributed by atoms with van der Waals surface area (Å²) in [7, 11) is 1.51. The van der Waals surface area contributed by atoms with Crippen molar-refractivity contribution < 1.29 is 28.1 Å². The molecule has 3 aromatic rings. The largest absolute Gasteiger partial charge is 0.388 e. The van der Waals surface area contributed by atoms with E-state index in [1.54, 1.807) is 24.4 Å². The maximum absolute atomic E-state index is 14.2. The number of fused-ring (bicyclic) bond motifs is 1. The van der Waals surface area contributed by atoms with E-state index in [-0.39, 0.29) is 23.4 Å². The van der Waals surface area contributed by atoms with Crippen molar-refractivity contribution in [1.82, 2.24) is 15.0 Å². The minimum absolute atomic E-state index is 0.0518. The van der Waals surface area contributed by atoms with Crippen LogP contribution in [-0.4, -0.2) is 63.7 Å². The zero-order chi connectivity index (χ0) is 25.6. The molecule has 2 aliphatic rings. The fraction of sp³-hybridized carbons (Fsp3) is 0.375. The van der Waals surface area contributed by atoms with Crippen molar-refractivity contribution in [2.75, 3.05) is 13.7 Å². The Hall–Kier alpha value is -2.59. The Bertz CT molecular complexity index is 1310. The predicted molar refractivity (Wildman–Crippen MR) is 126 cm³/mol. The Kier molecular flexibility index (Phi) is 7.00. The Morgan fingerprint density at radius 2 is 2.00 bits per heavy atom. The van der Waals surface area contributed by atoms with Gasteiger partial charge >= 0.3 is 0 Å². The molecule has 0 saturated carbocycles. The summed E-state index contributed by atoms with van der Waals surface area (Å²) in [6, 6.07) is 8.84. The fourth-order valence-electron chi connectivity index (χ4n) is 4.47. The molecule has 8 nitrogen and oxygen atoms in total. The van der Waals surface area contributed by atoms with Crippen molar-refractivity contribution in [3.8, 4) is 17.3 Å². The van der Waals surface area contributed by atoms with E-state index in [1.165, 1.54) is 42.6 Å². The summed E-state index contributed by atoms with van der Waals surface area (Å²) in [5.41, 5.74) is 0.149. The van der Waals surface area contributed by atoms with Crippen molar-refractivity contribution in [2.24, 2.45) is 0 Å². The number of hydrogen-bond acceptors (Lipinski definition) is 8. The number of halogens is 3. The van der Waals surface area contributed by atoms with E-state index in [2.05, 4.69) is 16.4 Å². The van der Waals surface area contributed by atoms with Gasteiger partial charge < -0.3 is 19.3 Å². The van der Waals surface area contributed by atoms with Gasteiger partial charge in [-0.25, -0.2) is 13.5 Å². The van der Waals surface area contributed by atoms with Crippen molar-refractivity contribution in [3.05, 3.63) is 64.3 Å². The topological polar surface area (TPSA) is 102 Å². The van der Waals surface area contributed by atoms with Gasteiger partial charge in [0.15, 0.2) is 0 Å². The lowest BCUT2D eigenvalue weighted by molar-refractivity contribution is -0.170. The van der Waals surface area contributed by atoms with Crippen LogP contribution in [0.25, 0.3) is 11.3 Å². The van der Waals surface area contributed by atoms with Crippen molar-refractivity contribution in [3.63, 3.8) is 0 Å². The molecule has 2 saturated heterocycles. The van der Waals surface area contributed by atoms with E-state index in [1.807, 2.05) is 0 Å². The van der Waals surface area contributed by atoms with Crippen LogP contribution in [0.5, 0.6) is 0 Å². The molecule has 5 unspecified atom stereocenters. The Labute approximate surface area is 214 Å². The molecule has 5 rings (SSSR count). The fourth-order valence-corrected chi connectivity index (χ4v) is 5.98. The number of aliphatic hydroxyl groups excluding tert-OH is 1. The molecule has 2 aromatic carbocycles. The second-order valence-electron chi connectivity index (χ2n) is 8.54. The van der Waals surface area contributed by atoms with E-state index in [0.717, 1.165) is 0 Å². The summed E-state index contributed by atoms with van der Waals surface area (Å²) in [6.07, 6.45) is -1.33. The quantitative estimate of drug-likeness (QED) is 0.526. The number of methoxy groups -OCH3 is 1. The smallest absolute Gasteiger partial charge is 0.136 e. The zero-order valence-electron chi connectivity index (χ0n) is 19.1. The molecule has 3 heterocycles. The highest BCUT2D eigenvalue weighted by atomic mass is 35.5. The van der Waals surface area contributed by atoms with Gasteiger partial charge in [0.05, 0.1) is 18.4 Å². The number of aromatic nitrogens is 3. The maximum Gasteiger partial charge on any atom is 0.136 e. The van der Waals surface area contributed by atoms with E-state index >= 15 is 0 Å². The molecule has 2 fully saturated rings. The number of thioether (sulfide) groups is 1. The first-order valence-electron chi connectivity index (χ1n) is 11.0. The molecule has 36 heavy (non-hydrogen) atoms. The third-order valence-corrected chi connectivity index (χ3v) is 7.81. The van der Waals surface area contributed by atoms with Gasteiger partial charge in [-0.3, -0.25) is 0 Å². The number of nitriles is 1. The van der Waals surface area contributed by atoms with Crippen LogP contribution in [-0.2, 0) is 14.2 Å². The second kappa shape index (κ2) is 10.0. The van der Waals surface area contributed by atoms with Crippen LogP contribution in [0.4, 0.5) is 8.78 Å². The SMILES string of the molecule is COC1C(n2cc(-c3cc(F)c(C)c(F)c3)nn2)C2OCC(O)C2O[C@@H]1Sc1cc(Cl)ccc1C#N. The average molecular weight is 535 g/mol. The molecule has 0 aliphatic carbocycles. The van der Waals surface area contributed by atoms with Gasteiger partial charge in [-0.15, -0.1) is 5.10 Å². The molecule has 0 radical (unpaired) electrons. The molecular formula is C24H21ClF2N4O4S. The zero-order valence-corrected chi connectivity index (χ0v) is 20.7. The molecule has 188 valence electrons. The van der Waals surface area contributed by atoms with Gasteiger partial charge in [0, 0.05) is 28.2 Å². The summed E-state index contributed by atoms with van der Waals surface area (Å²) in [5, 5.41) is 28.9. The van der Waals surface area contributed by atoms with Gasteiger partial charge in [0.25, 0.3) is 0 Å². The van der Waals surface area contributed by atoms with Crippen LogP contribution in [0.3, 0.4) is 0 Å². The van der Waals surface area contributed by atoms with Crippen molar-refractivity contribution in [2.45, 2.75) is 47.7 Å². The van der Waals surface area contributed by atoms with Crippen molar-refractivity contribution >= 4 is 23.4 Å². The molecule has 6 atom stereocenters. The van der Waals surface area contributed by atoms with Gasteiger partial charge in [-0.2, -0.15) is 5.26 Å². The van der Waals surface area contributed by atoms with Crippen LogP contribution >= 0.6 is 23.4 Å². The first kappa shape index (κ1) is 25.1. The van der Waals surface area contributed by atoms with E-state index in [4.69, 9.17) is 25.8 Å². The highest BCUT2D eigenvalue weighted by molar-refractivity contribution is 7.99. The minimum Gasteiger partial charge on any atom is -0.388 e. The molecule has 0 spiro atoms. The number of ether oxygens (including phenoxy) is 3. The number of aliphatic hydroxyl groups is 1. The summed E-state index contributed by atoms with van der Waals surface area (Å²) in [6.45, 7) is 1.41. The highest BCUT2D eigenvalue weighted by Gasteiger charge is 2.54. The minimum atomic E-state index is -0.892. The van der Waals surface area contributed by atoms with Crippen LogP contribution in [0.1, 0.15) is 17.2 Å². The molecule has 1 N–H and O–H groups in total. The van der Waals surface area contributed by atoms with Crippen molar-refractivity contribution in [1.29, 1.82) is 5.26 Å². The Balaban J connectivity index is 1.52. The van der Waals surface area contributed by atoms with Gasteiger partial charge in [0.2, 0.25) is 0 Å². The lowest BCUT2D eigenvalue weighted by Crippen LogP contribution is -2.55. The highest BCUT2D eigenvalue weighted by Crippen LogP contribution is 2.44. The molecule has 12 heteroatoms. The van der Waals surface area contributed by atoms with Gasteiger partial charge in [-0.05, 0) is 37.3 Å². The van der Waals surface area contributed by atoms with Crippen LogP contribution in [0, 0.1) is 29.9 Å². The lowest BCUT2D eigenvalue weighted by Gasteiger charge is -2.43. The van der Waals surface area contributed by atoms with Crippen LogP contribution in [0.15, 0.2) is 41.4 Å². The lowest BCUT2D eigenvalue weighted by atomic mass is 9.96. The number of nitrogens with zero attached hydrogens (tertiary/aromatic N) is 4. The third kappa shape index (κ3) is 4.49. The van der Waals surface area contributed by atoms with Crippen LogP contribution in [0.2, 0.25) is 5.02 Å². The molecular weight excluding hydrogens is 514 g/mol. The second-order valence-corrected chi connectivity index (χ2v) is 10.1. The van der Waals surface area contributed by atoms with E-state index in [0.29, 0.717) is 15.5 Å². The van der Waals surface area contributed by atoms with Crippen LogP contribution < -0.4 is 0 Å². The average Bonchev–Trinajstić information content (AvgIpc) is 3.49. The summed E-state index contributed by atoms with van der Waals surface area (Å²) >= 11 is 7.40. The van der Waals surface area contributed by atoms with Gasteiger partial charge in [-0.1, -0.05) is 28.6 Å². The molecule has 1 aromatic heterocycles. The summed E-state index contributed by atoms with van der Waals surface area (Å²) in [5.74, 6) is -1.37. The van der Waals surface area contributed by atoms with E-state index in [9.17, 15) is 19.1 Å².